The fourth-order valence-corrected chi connectivity index (χ4v) is 2.91. The fraction of sp³-hybridized carbons (Fsp3) is 0.412. The Balaban J connectivity index is 2.07. The smallest absolute Gasteiger partial charge is 0.355 e. The first-order valence-corrected chi connectivity index (χ1v) is 7.93. The van der Waals surface area contributed by atoms with Crippen molar-refractivity contribution in [1.29, 1.82) is 0 Å². The number of carbonyl (C=O) groups is 1. The first-order valence-electron chi connectivity index (χ1n) is 7.93. The van der Waals surface area contributed by atoms with Gasteiger partial charge in [-0.2, -0.15) is 0 Å². The van der Waals surface area contributed by atoms with Gasteiger partial charge < -0.3 is 19.4 Å². The number of benzene rings is 1. The second-order valence-electron chi connectivity index (χ2n) is 5.61. The minimum Gasteiger partial charge on any atom is -0.461 e. The lowest BCUT2D eigenvalue weighted by Crippen LogP contribution is -3.13. The molecule has 1 aliphatic rings. The van der Waals surface area contributed by atoms with Crippen LogP contribution in [-0.4, -0.2) is 43.9 Å². The SMILES string of the molecule is CCOC(=O)c1[nH]c2ccccc2c(=O)c1C[NH+]1CCOCC1. The number of H-pyrrole nitrogens is 1. The van der Waals surface area contributed by atoms with Crippen LogP contribution in [0, 0.1) is 0 Å². The molecule has 3 rings (SSSR count). The molecule has 0 aliphatic carbocycles. The third-order valence-electron chi connectivity index (χ3n) is 4.11. The lowest BCUT2D eigenvalue weighted by Gasteiger charge is -2.24. The van der Waals surface area contributed by atoms with Crippen molar-refractivity contribution >= 4 is 16.9 Å². The summed E-state index contributed by atoms with van der Waals surface area (Å²) in [6.45, 7) is 5.54. The molecule has 1 aromatic carbocycles. The molecule has 122 valence electrons. The third kappa shape index (κ3) is 3.28. The topological polar surface area (TPSA) is 72.8 Å². The first-order chi connectivity index (χ1) is 11.2. The molecule has 0 radical (unpaired) electrons. The van der Waals surface area contributed by atoms with E-state index < -0.39 is 5.97 Å². The van der Waals surface area contributed by atoms with Crippen molar-refractivity contribution in [1.82, 2.24) is 4.98 Å². The van der Waals surface area contributed by atoms with Crippen molar-refractivity contribution < 1.29 is 19.2 Å². The second kappa shape index (κ2) is 6.93. The van der Waals surface area contributed by atoms with E-state index in [2.05, 4.69) is 4.98 Å². The minimum absolute atomic E-state index is 0.0959. The molecule has 0 saturated carbocycles. The van der Waals surface area contributed by atoms with Crippen LogP contribution in [-0.2, 0) is 16.0 Å². The quantitative estimate of drug-likeness (QED) is 0.786. The van der Waals surface area contributed by atoms with Gasteiger partial charge in [-0.05, 0) is 19.1 Å². The summed E-state index contributed by atoms with van der Waals surface area (Å²) in [7, 11) is 0. The molecule has 1 saturated heterocycles. The Morgan fingerprint density at radius 1 is 1.30 bits per heavy atom. The number of aromatic nitrogens is 1. The van der Waals surface area contributed by atoms with E-state index in [-0.39, 0.29) is 17.7 Å². The molecule has 0 unspecified atom stereocenters. The molecule has 0 bridgehead atoms. The number of hydrogen-bond donors (Lipinski definition) is 2. The molecular formula is C17H21N2O4+. The monoisotopic (exact) mass is 317 g/mol. The van der Waals surface area contributed by atoms with Crippen molar-refractivity contribution in [3.63, 3.8) is 0 Å². The number of carbonyl (C=O) groups excluding carboxylic acids is 1. The van der Waals surface area contributed by atoms with Crippen LogP contribution >= 0.6 is 0 Å². The largest absolute Gasteiger partial charge is 0.461 e. The molecule has 6 heteroatoms. The van der Waals surface area contributed by atoms with Gasteiger partial charge in [-0.1, -0.05) is 12.1 Å². The predicted molar refractivity (Wildman–Crippen MR) is 85.7 cm³/mol. The van der Waals surface area contributed by atoms with E-state index >= 15 is 0 Å². The standard InChI is InChI=1S/C17H20N2O4/c1-2-23-17(21)15-13(11-19-7-9-22-10-8-19)16(20)12-5-3-4-6-14(12)18-15/h3-6H,2,7-11H2,1H3,(H,18,20)/p+1. The Morgan fingerprint density at radius 2 is 2.04 bits per heavy atom. The number of pyridine rings is 1. The second-order valence-corrected chi connectivity index (χ2v) is 5.61. The van der Waals surface area contributed by atoms with Crippen LogP contribution in [0.2, 0.25) is 0 Å². The van der Waals surface area contributed by atoms with Gasteiger partial charge in [-0.15, -0.1) is 0 Å². The van der Waals surface area contributed by atoms with Crippen molar-refractivity contribution in [2.45, 2.75) is 13.5 Å². The molecule has 0 amide bonds. The van der Waals surface area contributed by atoms with E-state index in [1.54, 1.807) is 19.1 Å². The summed E-state index contributed by atoms with van der Waals surface area (Å²) < 4.78 is 10.5. The van der Waals surface area contributed by atoms with Crippen molar-refractivity contribution in [3.8, 4) is 0 Å². The molecule has 2 N–H and O–H groups in total. The van der Waals surface area contributed by atoms with Gasteiger partial charge in [0.1, 0.15) is 25.3 Å². The Morgan fingerprint density at radius 3 is 2.78 bits per heavy atom. The average Bonchev–Trinajstić information content (AvgIpc) is 2.58. The van der Waals surface area contributed by atoms with E-state index in [9.17, 15) is 9.59 Å². The van der Waals surface area contributed by atoms with E-state index in [4.69, 9.17) is 9.47 Å². The number of hydrogen-bond acceptors (Lipinski definition) is 4. The van der Waals surface area contributed by atoms with Gasteiger partial charge in [0.2, 0.25) is 0 Å². The van der Waals surface area contributed by atoms with Crippen LogP contribution in [0.5, 0.6) is 0 Å². The number of aromatic amines is 1. The fourth-order valence-electron chi connectivity index (χ4n) is 2.91. The van der Waals surface area contributed by atoms with Crippen molar-refractivity contribution in [2.75, 3.05) is 32.9 Å². The van der Waals surface area contributed by atoms with Gasteiger partial charge in [-0.25, -0.2) is 4.79 Å². The Bertz CT molecular complexity index is 763. The summed E-state index contributed by atoms with van der Waals surface area (Å²) in [5.74, 6) is -0.474. The molecule has 1 aliphatic heterocycles. The Labute approximate surface area is 134 Å². The summed E-state index contributed by atoms with van der Waals surface area (Å²) in [6, 6.07) is 7.24. The highest BCUT2D eigenvalue weighted by Gasteiger charge is 2.24. The number of fused-ring (bicyclic) bond motifs is 1. The van der Waals surface area contributed by atoms with E-state index in [0.29, 0.717) is 36.2 Å². The summed E-state index contributed by atoms with van der Waals surface area (Å²) in [4.78, 5) is 29.5. The Kier molecular flexibility index (Phi) is 4.73. The van der Waals surface area contributed by atoms with Gasteiger partial charge in [0.15, 0.2) is 5.43 Å². The highest BCUT2D eigenvalue weighted by atomic mass is 16.5. The molecule has 23 heavy (non-hydrogen) atoms. The molecule has 0 atom stereocenters. The van der Waals surface area contributed by atoms with E-state index in [1.807, 2.05) is 12.1 Å². The zero-order valence-electron chi connectivity index (χ0n) is 13.2. The van der Waals surface area contributed by atoms with Crippen molar-refractivity contribution in [3.05, 3.63) is 45.7 Å². The highest BCUT2D eigenvalue weighted by Crippen LogP contribution is 2.12. The maximum atomic E-state index is 12.9. The highest BCUT2D eigenvalue weighted by molar-refractivity contribution is 5.92. The van der Waals surface area contributed by atoms with Crippen LogP contribution in [0.15, 0.2) is 29.1 Å². The summed E-state index contributed by atoms with van der Waals surface area (Å²) in [5, 5.41) is 0.600. The number of esters is 1. The van der Waals surface area contributed by atoms with Gasteiger partial charge in [0.05, 0.1) is 25.4 Å². The maximum Gasteiger partial charge on any atom is 0.355 e. The number of para-hydroxylation sites is 1. The van der Waals surface area contributed by atoms with Gasteiger partial charge in [-0.3, -0.25) is 4.79 Å². The zero-order chi connectivity index (χ0) is 16.2. The van der Waals surface area contributed by atoms with Crippen LogP contribution < -0.4 is 10.3 Å². The zero-order valence-corrected chi connectivity index (χ0v) is 13.2. The molecule has 2 aromatic rings. The summed E-state index contributed by atoms with van der Waals surface area (Å²) in [6.07, 6.45) is 0. The number of nitrogens with one attached hydrogen (secondary N) is 2. The summed E-state index contributed by atoms with van der Waals surface area (Å²) >= 11 is 0. The van der Waals surface area contributed by atoms with Gasteiger partial charge in [0, 0.05) is 10.9 Å². The number of rotatable bonds is 4. The molecule has 2 heterocycles. The van der Waals surface area contributed by atoms with Crippen molar-refractivity contribution in [2.24, 2.45) is 0 Å². The average molecular weight is 317 g/mol. The number of quaternary nitrogens is 1. The lowest BCUT2D eigenvalue weighted by atomic mass is 10.1. The molecule has 1 aromatic heterocycles. The normalized spacial score (nSPS) is 15.7. The minimum atomic E-state index is -0.474. The van der Waals surface area contributed by atoms with E-state index in [0.717, 1.165) is 13.1 Å². The molecule has 1 fully saturated rings. The maximum absolute atomic E-state index is 12.9. The predicted octanol–water partition coefficient (Wildman–Crippen LogP) is 0.120. The van der Waals surface area contributed by atoms with Crippen LogP contribution in [0.3, 0.4) is 0 Å². The lowest BCUT2D eigenvalue weighted by molar-refractivity contribution is -0.921. The van der Waals surface area contributed by atoms with Gasteiger partial charge >= 0.3 is 5.97 Å². The number of ether oxygens (including phenoxy) is 2. The van der Waals surface area contributed by atoms with Crippen LogP contribution in [0.25, 0.3) is 10.9 Å². The first kappa shape index (κ1) is 15.7. The van der Waals surface area contributed by atoms with Crippen LogP contribution in [0.4, 0.5) is 0 Å². The van der Waals surface area contributed by atoms with E-state index in [1.165, 1.54) is 4.90 Å². The molecule has 0 spiro atoms. The third-order valence-corrected chi connectivity index (χ3v) is 4.11. The molecule has 6 nitrogen and oxygen atoms in total. The van der Waals surface area contributed by atoms with Crippen LogP contribution in [0.1, 0.15) is 23.0 Å². The van der Waals surface area contributed by atoms with Gasteiger partial charge in [0.25, 0.3) is 0 Å². The molecular weight excluding hydrogens is 296 g/mol. The number of morpholine rings is 1. The summed E-state index contributed by atoms with van der Waals surface area (Å²) in [5.41, 5.74) is 1.33. The Hall–Kier alpha value is -2.18.